The van der Waals surface area contributed by atoms with Crippen LogP contribution in [-0.2, 0) is 11.3 Å². The lowest BCUT2D eigenvalue weighted by Gasteiger charge is -2.39. The van der Waals surface area contributed by atoms with Crippen LogP contribution in [0.15, 0.2) is 24.3 Å². The number of hydrogen-bond donors (Lipinski definition) is 1. The van der Waals surface area contributed by atoms with Crippen molar-refractivity contribution in [3.63, 3.8) is 0 Å². The normalized spacial score (nSPS) is 20.4. The van der Waals surface area contributed by atoms with Gasteiger partial charge in [-0.3, -0.25) is 4.79 Å². The zero-order chi connectivity index (χ0) is 20.6. The summed E-state index contributed by atoms with van der Waals surface area (Å²) >= 11 is 0. The van der Waals surface area contributed by atoms with Crippen molar-refractivity contribution in [2.75, 3.05) is 53.4 Å². The van der Waals surface area contributed by atoms with E-state index in [0.29, 0.717) is 18.9 Å². The Morgan fingerprint density at radius 2 is 1.93 bits per heavy atom. The highest BCUT2D eigenvalue weighted by Crippen LogP contribution is 2.22. The van der Waals surface area contributed by atoms with Gasteiger partial charge in [0.05, 0.1) is 7.11 Å². The van der Waals surface area contributed by atoms with Crippen LogP contribution in [0, 0.1) is 5.92 Å². The Hall–Kier alpha value is -2.28. The van der Waals surface area contributed by atoms with Gasteiger partial charge < -0.3 is 24.8 Å². The third-order valence-corrected chi connectivity index (χ3v) is 5.97. The van der Waals surface area contributed by atoms with Gasteiger partial charge in [0, 0.05) is 52.2 Å². The Kier molecular flexibility index (Phi) is 7.75. The number of nitrogens with zero attached hydrogens (tertiary/aromatic N) is 3. The number of likely N-dealkylation sites (N-methyl/N-ethyl adjacent to an activating group) is 1. The second-order valence-corrected chi connectivity index (χ2v) is 8.19. The molecule has 1 N–H and O–H groups in total. The van der Waals surface area contributed by atoms with Crippen LogP contribution in [0.1, 0.15) is 31.2 Å². The SMILES string of the molecule is COc1cccc(CNC(=O)CC[C@@H]2CCCN(C(=O)N3CCN(C)CC3)C2)c1. The summed E-state index contributed by atoms with van der Waals surface area (Å²) in [5.74, 6) is 1.27. The quantitative estimate of drug-likeness (QED) is 0.792. The van der Waals surface area contributed by atoms with Gasteiger partial charge in [0.1, 0.15) is 5.75 Å². The molecule has 7 heteroatoms. The molecule has 0 spiro atoms. The monoisotopic (exact) mass is 402 g/mol. The van der Waals surface area contributed by atoms with Crippen molar-refractivity contribution in [1.29, 1.82) is 0 Å². The standard InChI is InChI=1S/C22H34N4O3/c1-24-11-13-25(14-12-24)22(28)26-10-4-6-18(17-26)8-9-21(27)23-16-19-5-3-7-20(15-19)29-2/h3,5,7,15,18H,4,6,8-14,16-17H2,1-2H3,(H,23,27)/t18-/m0/s1. The van der Waals surface area contributed by atoms with Crippen molar-refractivity contribution in [3.8, 4) is 5.75 Å². The van der Waals surface area contributed by atoms with Gasteiger partial charge in [-0.25, -0.2) is 4.79 Å². The maximum Gasteiger partial charge on any atom is 0.320 e. The number of methoxy groups -OCH3 is 1. The summed E-state index contributed by atoms with van der Waals surface area (Å²) in [6.45, 7) is 5.62. The van der Waals surface area contributed by atoms with E-state index in [2.05, 4.69) is 17.3 Å². The van der Waals surface area contributed by atoms with E-state index in [1.807, 2.05) is 34.1 Å². The van der Waals surface area contributed by atoms with Gasteiger partial charge in [0.25, 0.3) is 0 Å². The molecular formula is C22H34N4O3. The van der Waals surface area contributed by atoms with Gasteiger partial charge in [-0.05, 0) is 49.9 Å². The molecule has 0 aromatic heterocycles. The number of likely N-dealkylation sites (tertiary alicyclic amines) is 1. The number of piperidine rings is 1. The summed E-state index contributed by atoms with van der Waals surface area (Å²) < 4.78 is 5.22. The van der Waals surface area contributed by atoms with Crippen molar-refractivity contribution in [3.05, 3.63) is 29.8 Å². The van der Waals surface area contributed by atoms with E-state index in [9.17, 15) is 9.59 Å². The number of ether oxygens (including phenoxy) is 1. The molecule has 160 valence electrons. The van der Waals surface area contributed by atoms with Gasteiger partial charge in [-0.1, -0.05) is 12.1 Å². The third-order valence-electron chi connectivity index (χ3n) is 5.97. The summed E-state index contributed by atoms with van der Waals surface area (Å²) in [7, 11) is 3.73. The Balaban J connectivity index is 1.39. The summed E-state index contributed by atoms with van der Waals surface area (Å²) in [6.07, 6.45) is 3.45. The van der Waals surface area contributed by atoms with Gasteiger partial charge in [-0.15, -0.1) is 0 Å². The first-order valence-corrected chi connectivity index (χ1v) is 10.7. The second-order valence-electron chi connectivity index (χ2n) is 8.19. The number of hydrogen-bond acceptors (Lipinski definition) is 4. The summed E-state index contributed by atoms with van der Waals surface area (Å²) in [5.41, 5.74) is 1.03. The molecule has 2 saturated heterocycles. The molecule has 2 heterocycles. The number of nitrogens with one attached hydrogen (secondary N) is 1. The Morgan fingerprint density at radius 1 is 1.14 bits per heavy atom. The van der Waals surface area contributed by atoms with Crippen LogP contribution >= 0.6 is 0 Å². The lowest BCUT2D eigenvalue weighted by molar-refractivity contribution is -0.121. The van der Waals surface area contributed by atoms with Crippen LogP contribution in [0.2, 0.25) is 0 Å². The van der Waals surface area contributed by atoms with Crippen molar-refractivity contribution >= 4 is 11.9 Å². The molecule has 0 aliphatic carbocycles. The molecule has 1 aromatic carbocycles. The molecule has 1 aromatic rings. The van der Waals surface area contributed by atoms with Crippen molar-refractivity contribution in [2.45, 2.75) is 32.2 Å². The van der Waals surface area contributed by atoms with E-state index in [0.717, 1.165) is 69.8 Å². The average Bonchev–Trinajstić information content (AvgIpc) is 2.76. The molecule has 29 heavy (non-hydrogen) atoms. The highest BCUT2D eigenvalue weighted by atomic mass is 16.5. The minimum atomic E-state index is 0.0651. The van der Waals surface area contributed by atoms with E-state index in [1.165, 1.54) is 0 Å². The fourth-order valence-electron chi connectivity index (χ4n) is 4.08. The van der Waals surface area contributed by atoms with Gasteiger partial charge >= 0.3 is 6.03 Å². The Morgan fingerprint density at radius 3 is 2.69 bits per heavy atom. The summed E-state index contributed by atoms with van der Waals surface area (Å²) in [5, 5.41) is 2.99. The maximum absolute atomic E-state index is 12.8. The van der Waals surface area contributed by atoms with E-state index < -0.39 is 0 Å². The lowest BCUT2D eigenvalue weighted by Crippen LogP contribution is -2.53. The first-order valence-electron chi connectivity index (χ1n) is 10.7. The number of carbonyl (C=O) groups excluding carboxylic acids is 2. The van der Waals surface area contributed by atoms with E-state index in [4.69, 9.17) is 4.74 Å². The molecule has 7 nitrogen and oxygen atoms in total. The Labute approximate surface area is 174 Å². The van der Waals surface area contributed by atoms with E-state index in [-0.39, 0.29) is 11.9 Å². The second kappa shape index (κ2) is 10.5. The molecule has 2 aliphatic heterocycles. The minimum Gasteiger partial charge on any atom is -0.497 e. The van der Waals surface area contributed by atoms with E-state index in [1.54, 1.807) is 7.11 Å². The van der Waals surface area contributed by atoms with Crippen LogP contribution in [0.4, 0.5) is 4.79 Å². The predicted molar refractivity (Wildman–Crippen MR) is 113 cm³/mol. The predicted octanol–water partition coefficient (Wildman–Crippen LogP) is 2.17. The van der Waals surface area contributed by atoms with Crippen LogP contribution in [0.5, 0.6) is 5.75 Å². The van der Waals surface area contributed by atoms with Gasteiger partial charge in [-0.2, -0.15) is 0 Å². The fraction of sp³-hybridized carbons (Fsp3) is 0.636. The topological polar surface area (TPSA) is 65.1 Å². The molecule has 0 bridgehead atoms. The van der Waals surface area contributed by atoms with Crippen LogP contribution in [-0.4, -0.2) is 80.1 Å². The van der Waals surface area contributed by atoms with E-state index >= 15 is 0 Å². The molecule has 2 aliphatic rings. The van der Waals surface area contributed by atoms with Gasteiger partial charge in [0.15, 0.2) is 0 Å². The fourth-order valence-corrected chi connectivity index (χ4v) is 4.08. The number of urea groups is 1. The highest BCUT2D eigenvalue weighted by molar-refractivity contribution is 5.76. The molecule has 0 radical (unpaired) electrons. The number of carbonyl (C=O) groups is 2. The number of benzene rings is 1. The van der Waals surface area contributed by atoms with Crippen LogP contribution in [0.25, 0.3) is 0 Å². The van der Waals surface area contributed by atoms with Gasteiger partial charge in [0.2, 0.25) is 5.91 Å². The first-order chi connectivity index (χ1) is 14.0. The molecule has 3 amide bonds. The summed E-state index contributed by atoms with van der Waals surface area (Å²) in [4.78, 5) is 31.3. The van der Waals surface area contributed by atoms with Crippen LogP contribution in [0.3, 0.4) is 0 Å². The summed E-state index contributed by atoms with van der Waals surface area (Å²) in [6, 6.07) is 7.90. The molecule has 3 rings (SSSR count). The molecule has 2 fully saturated rings. The zero-order valence-corrected chi connectivity index (χ0v) is 17.7. The third kappa shape index (κ3) is 6.35. The first kappa shape index (κ1) is 21.4. The molecule has 0 saturated carbocycles. The van der Waals surface area contributed by atoms with Crippen molar-refractivity contribution < 1.29 is 14.3 Å². The zero-order valence-electron chi connectivity index (χ0n) is 17.7. The van der Waals surface area contributed by atoms with Crippen molar-refractivity contribution in [2.24, 2.45) is 5.92 Å². The Bertz CT molecular complexity index is 688. The van der Waals surface area contributed by atoms with Crippen molar-refractivity contribution in [1.82, 2.24) is 20.0 Å². The number of piperazine rings is 1. The molecule has 1 atom stereocenters. The minimum absolute atomic E-state index is 0.0651. The van der Waals surface area contributed by atoms with Crippen LogP contribution < -0.4 is 10.1 Å². The smallest absolute Gasteiger partial charge is 0.320 e. The maximum atomic E-state index is 12.8. The molecule has 0 unspecified atom stereocenters. The number of amides is 3. The largest absolute Gasteiger partial charge is 0.497 e. The average molecular weight is 403 g/mol. The molecular weight excluding hydrogens is 368 g/mol. The highest BCUT2D eigenvalue weighted by Gasteiger charge is 2.28. The number of rotatable bonds is 6. The lowest BCUT2D eigenvalue weighted by atomic mass is 9.93.